The van der Waals surface area contributed by atoms with Crippen molar-refractivity contribution >= 4 is 17.2 Å². The number of fused-ring (bicyclic) bond motifs is 1. The van der Waals surface area contributed by atoms with Gasteiger partial charge >= 0.3 is 0 Å². The first-order valence-electron chi connectivity index (χ1n) is 7.05. The van der Waals surface area contributed by atoms with E-state index in [-0.39, 0.29) is 5.78 Å². The molecule has 3 heterocycles. The SMILES string of the molecule is CC(=O)c1nnc2c(C#N)c(N3CCCCC3)nn2c1C. The maximum atomic E-state index is 11.6. The average molecular weight is 284 g/mol. The van der Waals surface area contributed by atoms with Crippen LogP contribution in [0.4, 0.5) is 5.82 Å². The number of carbonyl (C=O) groups is 1. The van der Waals surface area contributed by atoms with Gasteiger partial charge in [-0.15, -0.1) is 15.3 Å². The molecule has 7 heteroatoms. The number of Topliss-reactive ketones (excluding diaryl/α,β-unsaturated/α-hetero) is 1. The first kappa shape index (κ1) is 13.5. The highest BCUT2D eigenvalue weighted by atomic mass is 16.1. The second kappa shape index (κ2) is 5.13. The Kier molecular flexibility index (Phi) is 3.29. The number of nitriles is 1. The smallest absolute Gasteiger partial charge is 0.197 e. The number of anilines is 1. The van der Waals surface area contributed by atoms with Crippen LogP contribution in [-0.2, 0) is 0 Å². The maximum Gasteiger partial charge on any atom is 0.197 e. The van der Waals surface area contributed by atoms with Gasteiger partial charge in [-0.1, -0.05) is 0 Å². The number of ketones is 1. The van der Waals surface area contributed by atoms with Crippen molar-refractivity contribution in [3.8, 4) is 6.07 Å². The summed E-state index contributed by atoms with van der Waals surface area (Å²) in [5, 5.41) is 21.9. The molecule has 0 amide bonds. The van der Waals surface area contributed by atoms with Gasteiger partial charge in [-0.25, -0.2) is 4.52 Å². The van der Waals surface area contributed by atoms with Crippen molar-refractivity contribution in [1.29, 1.82) is 5.26 Å². The lowest BCUT2D eigenvalue weighted by molar-refractivity contribution is 0.101. The predicted molar refractivity (Wildman–Crippen MR) is 76.3 cm³/mol. The lowest BCUT2D eigenvalue weighted by Gasteiger charge is -2.26. The number of rotatable bonds is 2. The molecule has 0 aliphatic carbocycles. The minimum absolute atomic E-state index is 0.157. The lowest BCUT2D eigenvalue weighted by atomic mass is 10.1. The van der Waals surface area contributed by atoms with Crippen LogP contribution in [0.15, 0.2) is 0 Å². The third-order valence-corrected chi connectivity index (χ3v) is 3.85. The van der Waals surface area contributed by atoms with Crippen LogP contribution in [0.1, 0.15) is 47.9 Å². The van der Waals surface area contributed by atoms with Gasteiger partial charge in [0.1, 0.15) is 17.3 Å². The minimum atomic E-state index is -0.157. The van der Waals surface area contributed by atoms with Gasteiger partial charge in [-0.05, 0) is 26.2 Å². The summed E-state index contributed by atoms with van der Waals surface area (Å²) in [5.41, 5.74) is 1.76. The second-order valence-electron chi connectivity index (χ2n) is 5.28. The summed E-state index contributed by atoms with van der Waals surface area (Å²) in [6.07, 6.45) is 3.41. The Labute approximate surface area is 122 Å². The van der Waals surface area contributed by atoms with Crippen LogP contribution < -0.4 is 4.90 Å². The first-order chi connectivity index (χ1) is 10.1. The van der Waals surface area contributed by atoms with Gasteiger partial charge in [0.25, 0.3) is 0 Å². The van der Waals surface area contributed by atoms with Gasteiger partial charge in [0.2, 0.25) is 0 Å². The normalized spacial score (nSPS) is 15.2. The molecule has 21 heavy (non-hydrogen) atoms. The number of hydrogen-bond acceptors (Lipinski definition) is 6. The Morgan fingerprint density at radius 2 is 1.95 bits per heavy atom. The molecule has 0 bridgehead atoms. The second-order valence-corrected chi connectivity index (χ2v) is 5.28. The summed E-state index contributed by atoms with van der Waals surface area (Å²) in [6, 6.07) is 2.18. The Morgan fingerprint density at radius 3 is 2.57 bits per heavy atom. The Hall–Kier alpha value is -2.49. The molecule has 0 aromatic carbocycles. The van der Waals surface area contributed by atoms with E-state index < -0.39 is 0 Å². The molecule has 0 atom stereocenters. The van der Waals surface area contributed by atoms with Crippen LogP contribution in [0, 0.1) is 18.3 Å². The average Bonchev–Trinajstić information content (AvgIpc) is 2.87. The van der Waals surface area contributed by atoms with Gasteiger partial charge in [-0.3, -0.25) is 4.79 Å². The lowest BCUT2D eigenvalue weighted by Crippen LogP contribution is -2.30. The molecule has 0 unspecified atom stereocenters. The van der Waals surface area contributed by atoms with E-state index in [1.165, 1.54) is 13.3 Å². The monoisotopic (exact) mass is 284 g/mol. The van der Waals surface area contributed by atoms with Gasteiger partial charge < -0.3 is 4.90 Å². The molecule has 0 N–H and O–H groups in total. The maximum absolute atomic E-state index is 11.6. The van der Waals surface area contributed by atoms with E-state index in [9.17, 15) is 10.1 Å². The summed E-state index contributed by atoms with van der Waals surface area (Å²) in [4.78, 5) is 13.7. The number of aryl methyl sites for hydroxylation is 1. The number of carbonyl (C=O) groups excluding carboxylic acids is 1. The van der Waals surface area contributed by atoms with Crippen LogP contribution >= 0.6 is 0 Å². The summed E-state index contributed by atoms with van der Waals surface area (Å²) >= 11 is 0. The third kappa shape index (κ3) is 2.13. The highest BCUT2D eigenvalue weighted by molar-refractivity contribution is 5.93. The molecule has 0 spiro atoms. The number of aromatic nitrogens is 4. The molecule has 1 aliphatic rings. The van der Waals surface area contributed by atoms with Crippen LogP contribution in [0.5, 0.6) is 0 Å². The van der Waals surface area contributed by atoms with E-state index >= 15 is 0 Å². The molecular formula is C14H16N6O. The van der Waals surface area contributed by atoms with E-state index in [1.54, 1.807) is 11.4 Å². The molecular weight excluding hydrogens is 268 g/mol. The highest BCUT2D eigenvalue weighted by Gasteiger charge is 2.23. The van der Waals surface area contributed by atoms with Crippen molar-refractivity contribution < 1.29 is 4.79 Å². The zero-order valence-electron chi connectivity index (χ0n) is 12.1. The van der Waals surface area contributed by atoms with Crippen LogP contribution in [-0.4, -0.2) is 38.7 Å². The largest absolute Gasteiger partial charge is 0.354 e. The summed E-state index contributed by atoms with van der Waals surface area (Å²) in [6.45, 7) is 5.00. The van der Waals surface area contributed by atoms with Crippen molar-refractivity contribution in [1.82, 2.24) is 19.8 Å². The number of hydrogen-bond donors (Lipinski definition) is 0. The van der Waals surface area contributed by atoms with Crippen molar-refractivity contribution in [2.75, 3.05) is 18.0 Å². The molecule has 2 aromatic rings. The fraction of sp³-hybridized carbons (Fsp3) is 0.500. The first-order valence-corrected chi connectivity index (χ1v) is 7.05. The highest BCUT2D eigenvalue weighted by Crippen LogP contribution is 2.25. The fourth-order valence-corrected chi connectivity index (χ4v) is 2.75. The summed E-state index contributed by atoms with van der Waals surface area (Å²) in [7, 11) is 0. The predicted octanol–water partition coefficient (Wildman–Crippen LogP) is 1.50. The third-order valence-electron chi connectivity index (χ3n) is 3.85. The van der Waals surface area contributed by atoms with E-state index in [1.807, 2.05) is 0 Å². The molecule has 0 saturated carbocycles. The molecule has 2 aromatic heterocycles. The summed E-state index contributed by atoms with van der Waals surface area (Å²) < 4.78 is 1.56. The Morgan fingerprint density at radius 1 is 1.24 bits per heavy atom. The van der Waals surface area contributed by atoms with E-state index in [0.717, 1.165) is 25.9 Å². The molecule has 1 fully saturated rings. The minimum Gasteiger partial charge on any atom is -0.354 e. The van der Waals surface area contributed by atoms with E-state index in [2.05, 4.69) is 26.3 Å². The molecule has 108 valence electrons. The van der Waals surface area contributed by atoms with Crippen molar-refractivity contribution in [3.05, 3.63) is 17.0 Å². The van der Waals surface area contributed by atoms with Gasteiger partial charge in [0, 0.05) is 20.0 Å². The van der Waals surface area contributed by atoms with Crippen molar-refractivity contribution in [3.63, 3.8) is 0 Å². The number of nitrogens with zero attached hydrogens (tertiary/aromatic N) is 6. The molecule has 3 rings (SSSR count). The van der Waals surface area contributed by atoms with Crippen molar-refractivity contribution in [2.24, 2.45) is 0 Å². The fourth-order valence-electron chi connectivity index (χ4n) is 2.75. The zero-order chi connectivity index (χ0) is 15.0. The van der Waals surface area contributed by atoms with Crippen molar-refractivity contribution in [2.45, 2.75) is 33.1 Å². The zero-order valence-corrected chi connectivity index (χ0v) is 12.1. The van der Waals surface area contributed by atoms with Gasteiger partial charge in [-0.2, -0.15) is 5.26 Å². The van der Waals surface area contributed by atoms with Gasteiger partial charge in [0.15, 0.2) is 17.2 Å². The quantitative estimate of drug-likeness (QED) is 0.777. The van der Waals surface area contributed by atoms with E-state index in [4.69, 9.17) is 0 Å². The topological polar surface area (TPSA) is 87.2 Å². The Bertz CT molecular complexity index is 751. The number of piperidine rings is 1. The van der Waals surface area contributed by atoms with Crippen LogP contribution in [0.25, 0.3) is 5.65 Å². The molecule has 0 radical (unpaired) electrons. The summed E-state index contributed by atoms with van der Waals surface area (Å²) in [5.74, 6) is 0.491. The van der Waals surface area contributed by atoms with E-state index in [0.29, 0.717) is 28.4 Å². The molecule has 7 nitrogen and oxygen atoms in total. The van der Waals surface area contributed by atoms with Crippen LogP contribution in [0.2, 0.25) is 0 Å². The van der Waals surface area contributed by atoms with Crippen LogP contribution in [0.3, 0.4) is 0 Å². The molecule has 1 saturated heterocycles. The molecule has 1 aliphatic heterocycles. The van der Waals surface area contributed by atoms with Gasteiger partial charge in [0.05, 0.1) is 5.69 Å². The Balaban J connectivity index is 2.20. The standard InChI is InChI=1S/C14H16N6O/c1-9-12(10(2)21)16-17-13-11(8-15)14(18-20(9)13)19-6-4-3-5-7-19/h3-7H2,1-2H3.